The highest BCUT2D eigenvalue weighted by Crippen LogP contribution is 2.71. The molecule has 108 valence electrons. The minimum absolute atomic E-state index is 0.0492. The Morgan fingerprint density at radius 2 is 1.85 bits per heavy atom. The van der Waals surface area contributed by atoms with Crippen molar-refractivity contribution in [3.8, 4) is 0 Å². The fourth-order valence-electron chi connectivity index (χ4n) is 4.32. The van der Waals surface area contributed by atoms with Gasteiger partial charge in [0.1, 0.15) is 17.3 Å². The Morgan fingerprint density at radius 3 is 2.40 bits per heavy atom. The third-order valence-corrected chi connectivity index (χ3v) is 4.90. The van der Waals surface area contributed by atoms with Crippen molar-refractivity contribution in [2.24, 2.45) is 5.41 Å². The molecule has 3 atom stereocenters. The van der Waals surface area contributed by atoms with Crippen molar-refractivity contribution in [1.29, 1.82) is 0 Å². The first kappa shape index (κ1) is 13.6. The standard InChI is InChI=1S/C17H22O3/c1-12(18)19-14-10-15(2,3)17(16(4,11-14)20-17)13-8-6-5-7-9-13/h5-9,14H,10-11H2,1-4H3/t14-,16-,17+/m0/s1. The molecule has 20 heavy (non-hydrogen) atoms. The number of fused-ring (bicyclic) bond motifs is 1. The molecule has 0 radical (unpaired) electrons. The number of hydrogen-bond acceptors (Lipinski definition) is 3. The van der Waals surface area contributed by atoms with Crippen LogP contribution in [0.4, 0.5) is 0 Å². The molecule has 0 bridgehead atoms. The van der Waals surface area contributed by atoms with E-state index in [1.807, 2.05) is 6.07 Å². The highest BCUT2D eigenvalue weighted by atomic mass is 16.6. The summed E-state index contributed by atoms with van der Waals surface area (Å²) in [6.45, 7) is 8.03. The van der Waals surface area contributed by atoms with Crippen LogP contribution in [-0.2, 0) is 19.9 Å². The lowest BCUT2D eigenvalue weighted by molar-refractivity contribution is -0.150. The molecule has 0 spiro atoms. The third kappa shape index (κ3) is 1.72. The highest BCUT2D eigenvalue weighted by molar-refractivity contribution is 5.66. The summed E-state index contributed by atoms with van der Waals surface area (Å²) < 4.78 is 11.7. The van der Waals surface area contributed by atoms with Gasteiger partial charge in [0.15, 0.2) is 0 Å². The minimum atomic E-state index is -0.252. The van der Waals surface area contributed by atoms with E-state index in [-0.39, 0.29) is 28.7 Å². The fourth-order valence-corrected chi connectivity index (χ4v) is 4.32. The number of epoxide rings is 1. The molecule has 0 N–H and O–H groups in total. The van der Waals surface area contributed by atoms with Crippen LogP contribution in [0.5, 0.6) is 0 Å². The lowest BCUT2D eigenvalue weighted by Crippen LogP contribution is -2.46. The summed E-state index contributed by atoms with van der Waals surface area (Å²) in [7, 11) is 0. The van der Waals surface area contributed by atoms with E-state index < -0.39 is 0 Å². The molecule has 1 aromatic rings. The summed E-state index contributed by atoms with van der Waals surface area (Å²) >= 11 is 0. The normalized spacial score (nSPS) is 37.9. The van der Waals surface area contributed by atoms with E-state index in [0.717, 1.165) is 12.8 Å². The van der Waals surface area contributed by atoms with Crippen molar-refractivity contribution >= 4 is 5.97 Å². The van der Waals surface area contributed by atoms with E-state index in [1.165, 1.54) is 12.5 Å². The molecule has 3 nitrogen and oxygen atoms in total. The fraction of sp³-hybridized carbons (Fsp3) is 0.588. The van der Waals surface area contributed by atoms with E-state index in [1.54, 1.807) is 0 Å². The first-order valence-electron chi connectivity index (χ1n) is 7.24. The van der Waals surface area contributed by atoms with Crippen LogP contribution in [0.2, 0.25) is 0 Å². The molecule has 2 fully saturated rings. The second kappa shape index (κ2) is 4.08. The van der Waals surface area contributed by atoms with Crippen molar-refractivity contribution in [3.63, 3.8) is 0 Å². The molecule has 1 heterocycles. The number of carbonyl (C=O) groups is 1. The number of carbonyl (C=O) groups excluding carboxylic acids is 1. The zero-order valence-corrected chi connectivity index (χ0v) is 12.6. The van der Waals surface area contributed by atoms with E-state index in [2.05, 4.69) is 45.0 Å². The van der Waals surface area contributed by atoms with Crippen LogP contribution in [0.1, 0.15) is 46.1 Å². The Hall–Kier alpha value is -1.35. The van der Waals surface area contributed by atoms with Gasteiger partial charge >= 0.3 is 5.97 Å². The maximum atomic E-state index is 11.2. The van der Waals surface area contributed by atoms with Crippen molar-refractivity contribution < 1.29 is 14.3 Å². The summed E-state index contributed by atoms with van der Waals surface area (Å²) in [5, 5.41) is 0. The van der Waals surface area contributed by atoms with Crippen LogP contribution in [0.15, 0.2) is 30.3 Å². The first-order valence-corrected chi connectivity index (χ1v) is 7.24. The molecule has 1 saturated heterocycles. The molecule has 0 aromatic heterocycles. The van der Waals surface area contributed by atoms with Crippen molar-refractivity contribution in [2.75, 3.05) is 0 Å². The van der Waals surface area contributed by atoms with E-state index in [9.17, 15) is 4.79 Å². The molecule has 2 aliphatic rings. The SMILES string of the molecule is CC(=O)O[C@H]1CC(C)(C)[C@@]2(c3ccccc3)O[C@@]2(C)C1. The second-order valence-electron chi connectivity index (χ2n) is 6.90. The number of benzene rings is 1. The molecule has 1 aliphatic carbocycles. The number of rotatable bonds is 2. The molecule has 0 unspecified atom stereocenters. The van der Waals surface area contributed by atoms with Crippen LogP contribution < -0.4 is 0 Å². The zero-order chi connectivity index (χ0) is 14.6. The molecule has 1 aromatic carbocycles. The predicted octanol–water partition coefficient (Wildman–Crippen LogP) is 3.42. The maximum absolute atomic E-state index is 11.2. The van der Waals surface area contributed by atoms with Crippen LogP contribution in [-0.4, -0.2) is 17.7 Å². The van der Waals surface area contributed by atoms with Crippen LogP contribution in [0, 0.1) is 5.41 Å². The van der Waals surface area contributed by atoms with Gasteiger partial charge < -0.3 is 9.47 Å². The summed E-state index contributed by atoms with van der Waals surface area (Å²) in [5.74, 6) is -0.206. The summed E-state index contributed by atoms with van der Waals surface area (Å²) in [6, 6.07) is 10.4. The van der Waals surface area contributed by atoms with Gasteiger partial charge in [0.2, 0.25) is 0 Å². The average Bonchev–Trinajstić information content (AvgIpc) is 2.97. The van der Waals surface area contributed by atoms with Gasteiger partial charge in [0, 0.05) is 18.8 Å². The molecular weight excluding hydrogens is 252 g/mol. The molecule has 3 rings (SSSR count). The zero-order valence-electron chi connectivity index (χ0n) is 12.6. The van der Waals surface area contributed by atoms with Gasteiger partial charge in [0.05, 0.1) is 0 Å². The number of esters is 1. The monoisotopic (exact) mass is 274 g/mol. The third-order valence-electron chi connectivity index (χ3n) is 4.90. The minimum Gasteiger partial charge on any atom is -0.462 e. The summed E-state index contributed by atoms with van der Waals surface area (Å²) in [4.78, 5) is 11.2. The van der Waals surface area contributed by atoms with Crippen LogP contribution >= 0.6 is 0 Å². The Labute approximate surface area is 120 Å². The molecular formula is C17H22O3. The van der Waals surface area contributed by atoms with Gasteiger partial charge in [-0.1, -0.05) is 44.2 Å². The van der Waals surface area contributed by atoms with Gasteiger partial charge in [-0.15, -0.1) is 0 Å². The van der Waals surface area contributed by atoms with Gasteiger partial charge in [-0.3, -0.25) is 4.79 Å². The largest absolute Gasteiger partial charge is 0.462 e. The molecule has 1 saturated carbocycles. The average molecular weight is 274 g/mol. The Bertz CT molecular complexity index is 536. The van der Waals surface area contributed by atoms with E-state index in [4.69, 9.17) is 9.47 Å². The molecule has 1 aliphatic heterocycles. The van der Waals surface area contributed by atoms with Crippen LogP contribution in [0.3, 0.4) is 0 Å². The number of ether oxygens (including phenoxy) is 2. The topological polar surface area (TPSA) is 38.8 Å². The van der Waals surface area contributed by atoms with Gasteiger partial charge in [-0.2, -0.15) is 0 Å². The van der Waals surface area contributed by atoms with Gasteiger partial charge in [0.25, 0.3) is 0 Å². The Morgan fingerprint density at radius 1 is 1.20 bits per heavy atom. The van der Waals surface area contributed by atoms with Crippen molar-refractivity contribution in [3.05, 3.63) is 35.9 Å². The quantitative estimate of drug-likeness (QED) is 0.612. The Kier molecular flexibility index (Phi) is 2.78. The van der Waals surface area contributed by atoms with E-state index >= 15 is 0 Å². The highest BCUT2D eigenvalue weighted by Gasteiger charge is 2.77. The lowest BCUT2D eigenvalue weighted by atomic mass is 9.60. The Balaban J connectivity index is 1.95. The smallest absolute Gasteiger partial charge is 0.302 e. The summed E-state index contributed by atoms with van der Waals surface area (Å²) in [6.07, 6.45) is 1.55. The van der Waals surface area contributed by atoms with E-state index in [0.29, 0.717) is 0 Å². The van der Waals surface area contributed by atoms with Crippen LogP contribution in [0.25, 0.3) is 0 Å². The maximum Gasteiger partial charge on any atom is 0.302 e. The molecule has 0 amide bonds. The molecule has 3 heteroatoms. The van der Waals surface area contributed by atoms with Crippen molar-refractivity contribution in [2.45, 2.75) is 57.8 Å². The van der Waals surface area contributed by atoms with Gasteiger partial charge in [-0.05, 0) is 18.9 Å². The first-order chi connectivity index (χ1) is 9.31. The second-order valence-corrected chi connectivity index (χ2v) is 6.90. The predicted molar refractivity (Wildman–Crippen MR) is 76.2 cm³/mol. The lowest BCUT2D eigenvalue weighted by Gasteiger charge is -2.41. The van der Waals surface area contributed by atoms with Crippen molar-refractivity contribution in [1.82, 2.24) is 0 Å². The number of hydrogen-bond donors (Lipinski definition) is 0. The summed E-state index contributed by atoms with van der Waals surface area (Å²) in [5.41, 5.74) is 0.670. The van der Waals surface area contributed by atoms with Gasteiger partial charge in [-0.25, -0.2) is 0 Å².